The van der Waals surface area contributed by atoms with Gasteiger partial charge in [0.25, 0.3) is 11.6 Å². The maximum atomic E-state index is 12.1. The van der Waals surface area contributed by atoms with Gasteiger partial charge in [0.15, 0.2) is 0 Å². The molecule has 0 aliphatic carbocycles. The van der Waals surface area contributed by atoms with Crippen LogP contribution in [0.15, 0.2) is 18.2 Å². The van der Waals surface area contributed by atoms with Gasteiger partial charge in [-0.05, 0) is 24.3 Å². The second kappa shape index (κ2) is 5.89. The minimum absolute atomic E-state index is 0.0253. The quantitative estimate of drug-likeness (QED) is 0.433. The van der Waals surface area contributed by atoms with Gasteiger partial charge in [0.1, 0.15) is 5.56 Å². The van der Waals surface area contributed by atoms with Crippen LogP contribution in [0, 0.1) is 10.1 Å². The number of carbonyl (C=O) groups excluding carboxylic acids is 1. The van der Waals surface area contributed by atoms with Gasteiger partial charge in [0, 0.05) is 23.5 Å². The summed E-state index contributed by atoms with van der Waals surface area (Å²) < 4.78 is 0. The Kier molecular flexibility index (Phi) is 4.23. The van der Waals surface area contributed by atoms with Crippen molar-refractivity contribution in [3.05, 3.63) is 33.9 Å². The summed E-state index contributed by atoms with van der Waals surface area (Å²) in [6, 6.07) is 4.19. The number of hydrogen-bond donors (Lipinski definition) is 3. The standard InChI is InChI=1S/C11H14N4O3S/c12-14-7-1-2-10(15(17)18)9(5-7)11(16)13-8-3-4-19-6-8/h1-2,5,8,14H,3-4,6,12H2,(H,13,16). The van der Waals surface area contributed by atoms with Crippen molar-refractivity contribution in [2.75, 3.05) is 16.9 Å². The molecule has 1 aliphatic rings. The van der Waals surface area contributed by atoms with Gasteiger partial charge < -0.3 is 10.7 Å². The van der Waals surface area contributed by atoms with Crippen molar-refractivity contribution in [3.8, 4) is 0 Å². The number of nitrogens with two attached hydrogens (primary N) is 1. The number of anilines is 1. The first kappa shape index (κ1) is 13.6. The van der Waals surface area contributed by atoms with Gasteiger partial charge in [-0.2, -0.15) is 11.8 Å². The predicted octanol–water partition coefficient (Wildman–Crippen LogP) is 1.12. The molecule has 7 nitrogen and oxygen atoms in total. The fourth-order valence-corrected chi connectivity index (χ4v) is 3.03. The van der Waals surface area contributed by atoms with E-state index in [1.54, 1.807) is 11.8 Å². The summed E-state index contributed by atoms with van der Waals surface area (Å²) in [5.74, 6) is 6.66. The van der Waals surface area contributed by atoms with E-state index < -0.39 is 10.8 Å². The van der Waals surface area contributed by atoms with Gasteiger partial charge >= 0.3 is 0 Å². The lowest BCUT2D eigenvalue weighted by Gasteiger charge is -2.12. The van der Waals surface area contributed by atoms with Crippen LogP contribution in [0.2, 0.25) is 0 Å². The molecule has 19 heavy (non-hydrogen) atoms. The fourth-order valence-electron chi connectivity index (χ4n) is 1.88. The van der Waals surface area contributed by atoms with E-state index in [0.29, 0.717) is 5.69 Å². The first-order valence-electron chi connectivity index (χ1n) is 5.75. The molecule has 1 amide bonds. The Morgan fingerprint density at radius 2 is 2.32 bits per heavy atom. The second-order valence-electron chi connectivity index (χ2n) is 4.17. The zero-order chi connectivity index (χ0) is 13.8. The van der Waals surface area contributed by atoms with Crippen LogP contribution in [-0.4, -0.2) is 28.4 Å². The molecule has 1 saturated heterocycles. The summed E-state index contributed by atoms with van der Waals surface area (Å²) in [6.45, 7) is 0. The van der Waals surface area contributed by atoms with Gasteiger partial charge in [0.05, 0.1) is 4.92 Å². The van der Waals surface area contributed by atoms with Gasteiger partial charge in [-0.15, -0.1) is 0 Å². The highest BCUT2D eigenvalue weighted by molar-refractivity contribution is 7.99. The molecule has 0 saturated carbocycles. The van der Waals surface area contributed by atoms with E-state index in [9.17, 15) is 14.9 Å². The Hall–Kier alpha value is -1.80. The molecule has 1 fully saturated rings. The number of hydrogen-bond acceptors (Lipinski definition) is 6. The smallest absolute Gasteiger partial charge is 0.282 e. The zero-order valence-corrected chi connectivity index (χ0v) is 10.9. The summed E-state index contributed by atoms with van der Waals surface area (Å²) in [7, 11) is 0. The molecule has 1 aliphatic heterocycles. The Bertz CT molecular complexity index is 503. The summed E-state index contributed by atoms with van der Waals surface area (Å²) in [5.41, 5.74) is 2.64. The van der Waals surface area contributed by atoms with Crippen LogP contribution in [0.4, 0.5) is 11.4 Å². The lowest BCUT2D eigenvalue weighted by Crippen LogP contribution is -2.35. The van der Waals surface area contributed by atoms with Crippen LogP contribution in [-0.2, 0) is 0 Å². The monoisotopic (exact) mass is 282 g/mol. The van der Waals surface area contributed by atoms with Crippen molar-refractivity contribution in [3.63, 3.8) is 0 Å². The molecule has 0 radical (unpaired) electrons. The number of nitro benzene ring substituents is 1. The molecule has 1 heterocycles. The third kappa shape index (κ3) is 3.15. The molecule has 2 rings (SSSR count). The number of nitrogen functional groups attached to an aromatic ring is 1. The van der Waals surface area contributed by atoms with Crippen LogP contribution in [0.1, 0.15) is 16.8 Å². The number of benzene rings is 1. The van der Waals surface area contributed by atoms with Gasteiger partial charge in [-0.1, -0.05) is 0 Å². The minimum Gasteiger partial charge on any atom is -0.348 e. The van der Waals surface area contributed by atoms with Crippen LogP contribution in [0.3, 0.4) is 0 Å². The van der Waals surface area contributed by atoms with Crippen molar-refractivity contribution in [2.24, 2.45) is 5.84 Å². The number of nitrogens with one attached hydrogen (secondary N) is 2. The minimum atomic E-state index is -0.571. The lowest BCUT2D eigenvalue weighted by molar-refractivity contribution is -0.385. The van der Waals surface area contributed by atoms with E-state index in [1.807, 2.05) is 0 Å². The average Bonchev–Trinajstić information content (AvgIpc) is 2.90. The van der Waals surface area contributed by atoms with E-state index >= 15 is 0 Å². The Morgan fingerprint density at radius 1 is 1.53 bits per heavy atom. The van der Waals surface area contributed by atoms with Crippen molar-refractivity contribution in [1.29, 1.82) is 0 Å². The van der Waals surface area contributed by atoms with Crippen molar-refractivity contribution < 1.29 is 9.72 Å². The molecule has 4 N–H and O–H groups in total. The van der Waals surface area contributed by atoms with Crippen LogP contribution >= 0.6 is 11.8 Å². The predicted molar refractivity (Wildman–Crippen MR) is 74.1 cm³/mol. The number of thioether (sulfide) groups is 1. The topological polar surface area (TPSA) is 110 Å². The zero-order valence-electron chi connectivity index (χ0n) is 10.1. The largest absolute Gasteiger partial charge is 0.348 e. The molecular formula is C11H14N4O3S. The summed E-state index contributed by atoms with van der Waals surface area (Å²) in [4.78, 5) is 22.5. The SMILES string of the molecule is NNc1ccc([N+](=O)[O-])c(C(=O)NC2CCSC2)c1. The molecule has 1 atom stereocenters. The lowest BCUT2D eigenvalue weighted by atomic mass is 10.1. The van der Waals surface area contributed by atoms with Crippen molar-refractivity contribution >= 4 is 29.0 Å². The number of nitro groups is 1. The molecule has 1 unspecified atom stereocenters. The fraction of sp³-hybridized carbons (Fsp3) is 0.364. The third-order valence-corrected chi connectivity index (χ3v) is 4.03. The summed E-state index contributed by atoms with van der Waals surface area (Å²) in [6.07, 6.45) is 0.888. The number of rotatable bonds is 4. The van der Waals surface area contributed by atoms with Crippen LogP contribution in [0.25, 0.3) is 0 Å². The molecular weight excluding hydrogens is 268 g/mol. The van der Waals surface area contributed by atoms with E-state index in [2.05, 4.69) is 10.7 Å². The van der Waals surface area contributed by atoms with Crippen molar-refractivity contribution in [2.45, 2.75) is 12.5 Å². The number of carbonyl (C=O) groups is 1. The molecule has 8 heteroatoms. The van der Waals surface area contributed by atoms with Gasteiger partial charge in [0.2, 0.25) is 0 Å². The number of nitrogens with zero attached hydrogens (tertiary/aromatic N) is 1. The van der Waals surface area contributed by atoms with Crippen LogP contribution < -0.4 is 16.6 Å². The highest BCUT2D eigenvalue weighted by atomic mass is 32.2. The maximum absolute atomic E-state index is 12.1. The number of hydrazine groups is 1. The molecule has 0 bridgehead atoms. The van der Waals surface area contributed by atoms with E-state index in [-0.39, 0.29) is 17.3 Å². The molecule has 102 valence electrons. The van der Waals surface area contributed by atoms with E-state index in [1.165, 1.54) is 18.2 Å². The summed E-state index contributed by atoms with van der Waals surface area (Å²) >= 11 is 1.76. The first-order valence-corrected chi connectivity index (χ1v) is 6.91. The third-order valence-electron chi connectivity index (χ3n) is 2.87. The van der Waals surface area contributed by atoms with E-state index in [0.717, 1.165) is 17.9 Å². The van der Waals surface area contributed by atoms with E-state index in [4.69, 9.17) is 5.84 Å². The average molecular weight is 282 g/mol. The van der Waals surface area contributed by atoms with Crippen LogP contribution in [0.5, 0.6) is 0 Å². The normalized spacial score (nSPS) is 18.1. The van der Waals surface area contributed by atoms with Gasteiger partial charge in [-0.25, -0.2) is 0 Å². The highest BCUT2D eigenvalue weighted by Crippen LogP contribution is 2.23. The van der Waals surface area contributed by atoms with Crippen molar-refractivity contribution in [1.82, 2.24) is 5.32 Å². The number of amides is 1. The molecule has 0 spiro atoms. The van der Waals surface area contributed by atoms with Gasteiger partial charge in [-0.3, -0.25) is 20.8 Å². The Labute approximate surface area is 114 Å². The Morgan fingerprint density at radius 3 is 2.89 bits per heavy atom. The highest BCUT2D eigenvalue weighted by Gasteiger charge is 2.24. The molecule has 1 aromatic rings. The second-order valence-corrected chi connectivity index (χ2v) is 5.32. The maximum Gasteiger partial charge on any atom is 0.282 e. The summed E-state index contributed by atoms with van der Waals surface area (Å²) in [5, 5.41) is 13.7. The Balaban J connectivity index is 2.24. The molecule has 0 aromatic heterocycles. The first-order chi connectivity index (χ1) is 9.11. The molecule has 1 aromatic carbocycles.